The van der Waals surface area contributed by atoms with Crippen molar-refractivity contribution >= 4 is 23.7 Å². The summed E-state index contributed by atoms with van der Waals surface area (Å²) in [7, 11) is 1.42. The van der Waals surface area contributed by atoms with Crippen molar-refractivity contribution in [3.05, 3.63) is 59.7 Å². The van der Waals surface area contributed by atoms with Gasteiger partial charge in [-0.25, -0.2) is 9.59 Å². The predicted octanol–water partition coefficient (Wildman–Crippen LogP) is 2.74. The minimum atomic E-state index is -0.705. The van der Waals surface area contributed by atoms with Gasteiger partial charge in [0.25, 0.3) is 0 Å². The summed E-state index contributed by atoms with van der Waals surface area (Å²) in [6, 6.07) is 13.7. The highest BCUT2D eigenvalue weighted by atomic mass is 16.5. The third kappa shape index (κ3) is 6.31. The Morgan fingerprint density at radius 3 is 2.43 bits per heavy atom. The average Bonchev–Trinajstić information content (AvgIpc) is 2.72. The Morgan fingerprint density at radius 1 is 1.00 bits per heavy atom. The van der Waals surface area contributed by atoms with E-state index in [0.29, 0.717) is 17.0 Å². The molecule has 8 nitrogen and oxygen atoms in total. The lowest BCUT2D eigenvalue weighted by Crippen LogP contribution is -2.33. The van der Waals surface area contributed by atoms with E-state index in [4.69, 9.17) is 14.2 Å². The SMILES string of the molecule is CCOC(=O)c1ccc(NC(=O)CNC(=O)OCc2ccccc2)c(OC)c1. The third-order valence-electron chi connectivity index (χ3n) is 3.59. The molecule has 0 aliphatic rings. The normalized spacial score (nSPS) is 9.93. The standard InChI is InChI=1S/C20H22N2O6/c1-3-27-19(24)15-9-10-16(17(11-15)26-2)22-18(23)12-21-20(25)28-13-14-7-5-4-6-8-14/h4-11H,3,12-13H2,1-2H3,(H,21,25)(H,22,23). The molecule has 0 unspecified atom stereocenters. The maximum absolute atomic E-state index is 12.1. The van der Waals surface area contributed by atoms with Crippen molar-refractivity contribution in [2.24, 2.45) is 0 Å². The maximum Gasteiger partial charge on any atom is 0.407 e. The predicted molar refractivity (Wildman–Crippen MR) is 102 cm³/mol. The molecule has 0 saturated carbocycles. The van der Waals surface area contributed by atoms with E-state index in [9.17, 15) is 14.4 Å². The average molecular weight is 386 g/mol. The zero-order valence-corrected chi connectivity index (χ0v) is 15.7. The summed E-state index contributed by atoms with van der Waals surface area (Å²) in [4.78, 5) is 35.5. The van der Waals surface area contributed by atoms with Crippen molar-refractivity contribution in [2.45, 2.75) is 13.5 Å². The van der Waals surface area contributed by atoms with Gasteiger partial charge in [-0.1, -0.05) is 30.3 Å². The molecule has 0 saturated heterocycles. The Kier molecular flexibility index (Phi) is 7.83. The van der Waals surface area contributed by atoms with E-state index < -0.39 is 18.0 Å². The molecular formula is C20H22N2O6. The van der Waals surface area contributed by atoms with Crippen LogP contribution < -0.4 is 15.4 Å². The molecule has 2 rings (SSSR count). The van der Waals surface area contributed by atoms with Gasteiger partial charge in [-0.2, -0.15) is 0 Å². The van der Waals surface area contributed by atoms with Gasteiger partial charge in [-0.15, -0.1) is 0 Å². The monoisotopic (exact) mass is 386 g/mol. The maximum atomic E-state index is 12.1. The van der Waals surface area contributed by atoms with Gasteiger partial charge in [0, 0.05) is 0 Å². The first-order chi connectivity index (χ1) is 13.5. The molecular weight excluding hydrogens is 364 g/mol. The first-order valence-corrected chi connectivity index (χ1v) is 8.63. The van der Waals surface area contributed by atoms with Crippen LogP contribution in [0.2, 0.25) is 0 Å². The van der Waals surface area contributed by atoms with Gasteiger partial charge < -0.3 is 24.8 Å². The van der Waals surface area contributed by atoms with E-state index in [-0.39, 0.29) is 19.8 Å². The van der Waals surface area contributed by atoms with Crippen molar-refractivity contribution in [1.29, 1.82) is 0 Å². The van der Waals surface area contributed by atoms with E-state index in [0.717, 1.165) is 5.56 Å². The number of nitrogens with one attached hydrogen (secondary N) is 2. The molecule has 28 heavy (non-hydrogen) atoms. The van der Waals surface area contributed by atoms with Crippen molar-refractivity contribution in [2.75, 3.05) is 25.6 Å². The zero-order chi connectivity index (χ0) is 20.4. The van der Waals surface area contributed by atoms with E-state index in [1.165, 1.54) is 25.3 Å². The van der Waals surface area contributed by atoms with E-state index in [2.05, 4.69) is 10.6 Å². The number of carbonyl (C=O) groups excluding carboxylic acids is 3. The first kappa shape index (κ1) is 20.8. The number of hydrogen-bond donors (Lipinski definition) is 2. The van der Waals surface area contributed by atoms with Crippen LogP contribution in [0.25, 0.3) is 0 Å². The van der Waals surface area contributed by atoms with Gasteiger partial charge in [0.2, 0.25) is 5.91 Å². The molecule has 0 fully saturated rings. The Labute approximate surface area is 162 Å². The minimum absolute atomic E-state index is 0.109. The second-order valence-corrected chi connectivity index (χ2v) is 5.60. The molecule has 2 aromatic rings. The molecule has 8 heteroatoms. The number of methoxy groups -OCH3 is 1. The van der Waals surface area contributed by atoms with E-state index >= 15 is 0 Å². The van der Waals surface area contributed by atoms with Crippen molar-refractivity contribution < 1.29 is 28.6 Å². The van der Waals surface area contributed by atoms with Crippen LogP contribution in [0.3, 0.4) is 0 Å². The number of carbonyl (C=O) groups is 3. The highest BCUT2D eigenvalue weighted by molar-refractivity contribution is 5.96. The van der Waals surface area contributed by atoms with Crippen LogP contribution in [0, 0.1) is 0 Å². The molecule has 2 N–H and O–H groups in total. The number of hydrogen-bond acceptors (Lipinski definition) is 6. The lowest BCUT2D eigenvalue weighted by atomic mass is 10.2. The lowest BCUT2D eigenvalue weighted by Gasteiger charge is -2.12. The number of amides is 2. The van der Waals surface area contributed by atoms with Crippen LogP contribution in [-0.2, 0) is 20.9 Å². The number of benzene rings is 2. The summed E-state index contributed by atoms with van der Waals surface area (Å²) >= 11 is 0. The van der Waals surface area contributed by atoms with Gasteiger partial charge in [0.15, 0.2) is 0 Å². The van der Waals surface area contributed by atoms with Crippen LogP contribution >= 0.6 is 0 Å². The molecule has 0 aromatic heterocycles. The largest absolute Gasteiger partial charge is 0.495 e. The highest BCUT2D eigenvalue weighted by Gasteiger charge is 2.13. The Balaban J connectivity index is 1.84. The van der Waals surface area contributed by atoms with Crippen LogP contribution in [-0.4, -0.2) is 38.2 Å². The second-order valence-electron chi connectivity index (χ2n) is 5.60. The molecule has 2 aromatic carbocycles. The Morgan fingerprint density at radius 2 is 1.75 bits per heavy atom. The Bertz CT molecular complexity index is 823. The van der Waals surface area contributed by atoms with Gasteiger partial charge in [-0.3, -0.25) is 4.79 Å². The molecule has 0 spiro atoms. The van der Waals surface area contributed by atoms with E-state index in [1.807, 2.05) is 30.3 Å². The summed E-state index contributed by atoms with van der Waals surface area (Å²) < 4.78 is 15.2. The van der Waals surface area contributed by atoms with Gasteiger partial charge in [-0.05, 0) is 30.7 Å². The second kappa shape index (κ2) is 10.6. The summed E-state index contributed by atoms with van der Waals surface area (Å²) in [5.41, 5.74) is 1.51. The summed E-state index contributed by atoms with van der Waals surface area (Å²) in [6.07, 6.45) is -0.705. The smallest absolute Gasteiger partial charge is 0.407 e. The fourth-order valence-corrected chi connectivity index (χ4v) is 2.26. The number of rotatable bonds is 8. The van der Waals surface area contributed by atoms with Crippen molar-refractivity contribution in [3.63, 3.8) is 0 Å². The molecule has 0 radical (unpaired) electrons. The topological polar surface area (TPSA) is 103 Å². The molecule has 2 amide bonds. The highest BCUT2D eigenvalue weighted by Crippen LogP contribution is 2.25. The lowest BCUT2D eigenvalue weighted by molar-refractivity contribution is -0.115. The number of esters is 1. The minimum Gasteiger partial charge on any atom is -0.495 e. The first-order valence-electron chi connectivity index (χ1n) is 8.63. The summed E-state index contributed by atoms with van der Waals surface area (Å²) in [5, 5.41) is 4.97. The van der Waals surface area contributed by atoms with Gasteiger partial charge in [0.1, 0.15) is 18.9 Å². The molecule has 0 aliphatic carbocycles. The summed E-state index contributed by atoms with van der Waals surface area (Å²) in [5.74, 6) is -0.661. The van der Waals surface area contributed by atoms with Crippen molar-refractivity contribution in [3.8, 4) is 5.75 Å². The van der Waals surface area contributed by atoms with Crippen LogP contribution in [0.4, 0.5) is 10.5 Å². The van der Waals surface area contributed by atoms with Crippen LogP contribution in [0.5, 0.6) is 5.75 Å². The van der Waals surface area contributed by atoms with Crippen molar-refractivity contribution in [1.82, 2.24) is 5.32 Å². The van der Waals surface area contributed by atoms with Crippen LogP contribution in [0.15, 0.2) is 48.5 Å². The third-order valence-corrected chi connectivity index (χ3v) is 3.59. The molecule has 0 aliphatic heterocycles. The van der Waals surface area contributed by atoms with Crippen LogP contribution in [0.1, 0.15) is 22.8 Å². The fourth-order valence-electron chi connectivity index (χ4n) is 2.26. The summed E-state index contributed by atoms with van der Waals surface area (Å²) in [6.45, 7) is 1.79. The quantitative estimate of drug-likeness (QED) is 0.676. The number of alkyl carbamates (subject to hydrolysis) is 1. The molecule has 0 heterocycles. The number of anilines is 1. The fraction of sp³-hybridized carbons (Fsp3) is 0.250. The zero-order valence-electron chi connectivity index (χ0n) is 15.7. The molecule has 148 valence electrons. The number of ether oxygens (including phenoxy) is 3. The van der Waals surface area contributed by atoms with Gasteiger partial charge in [0.05, 0.1) is 25.0 Å². The van der Waals surface area contributed by atoms with Gasteiger partial charge >= 0.3 is 12.1 Å². The Hall–Kier alpha value is -3.55. The van der Waals surface area contributed by atoms with E-state index in [1.54, 1.807) is 6.92 Å². The molecule has 0 bridgehead atoms. The molecule has 0 atom stereocenters.